The highest BCUT2D eigenvalue weighted by Gasteiger charge is 2.15. The average molecular weight is 350 g/mol. The van der Waals surface area contributed by atoms with Crippen molar-refractivity contribution in [3.63, 3.8) is 0 Å². The van der Waals surface area contributed by atoms with E-state index in [4.69, 9.17) is 0 Å². The van der Waals surface area contributed by atoms with E-state index in [9.17, 15) is 8.42 Å². The molecule has 0 saturated heterocycles. The predicted octanol–water partition coefficient (Wildman–Crippen LogP) is 1.77. The van der Waals surface area contributed by atoms with Crippen LogP contribution in [0.15, 0.2) is 32.4 Å². The Morgan fingerprint density at radius 3 is 2.78 bits per heavy atom. The second-order valence-corrected chi connectivity index (χ2v) is 8.11. The molecule has 0 radical (unpaired) electrons. The number of rotatable bonds is 5. The summed E-state index contributed by atoms with van der Waals surface area (Å²) in [7, 11) is -1.56. The standard InChI is InChI=1S/C10H12BrN3O2S2/c1-14-8(4-6-12-14)5-7-13-18(15,16)10-3-2-9(11)17-10/h2-4,6,13H,5,7H2,1H3. The van der Waals surface area contributed by atoms with Crippen LogP contribution in [-0.4, -0.2) is 24.7 Å². The van der Waals surface area contributed by atoms with Gasteiger partial charge in [-0.15, -0.1) is 11.3 Å². The first-order valence-corrected chi connectivity index (χ1v) is 8.30. The number of aryl methyl sites for hydroxylation is 1. The second kappa shape index (κ2) is 5.52. The van der Waals surface area contributed by atoms with Crippen LogP contribution in [0.25, 0.3) is 0 Å². The van der Waals surface area contributed by atoms with E-state index in [1.54, 1.807) is 23.0 Å². The quantitative estimate of drug-likeness (QED) is 0.894. The Balaban J connectivity index is 1.96. The fraction of sp³-hybridized carbons (Fsp3) is 0.300. The maximum absolute atomic E-state index is 11.9. The number of aromatic nitrogens is 2. The summed E-state index contributed by atoms with van der Waals surface area (Å²) < 4.78 is 29.3. The van der Waals surface area contributed by atoms with E-state index < -0.39 is 10.0 Å². The highest BCUT2D eigenvalue weighted by molar-refractivity contribution is 9.11. The van der Waals surface area contributed by atoms with Gasteiger partial charge < -0.3 is 0 Å². The Morgan fingerprint density at radius 1 is 1.44 bits per heavy atom. The van der Waals surface area contributed by atoms with Gasteiger partial charge in [0.05, 0.1) is 3.79 Å². The van der Waals surface area contributed by atoms with Gasteiger partial charge in [0.15, 0.2) is 0 Å². The monoisotopic (exact) mass is 349 g/mol. The van der Waals surface area contributed by atoms with Gasteiger partial charge in [-0.05, 0) is 34.1 Å². The predicted molar refractivity (Wildman–Crippen MR) is 74.1 cm³/mol. The Bertz CT molecular complexity index is 633. The molecule has 2 aromatic rings. The van der Waals surface area contributed by atoms with Gasteiger partial charge in [-0.3, -0.25) is 4.68 Å². The van der Waals surface area contributed by atoms with E-state index in [0.717, 1.165) is 9.48 Å². The highest BCUT2D eigenvalue weighted by atomic mass is 79.9. The number of nitrogens with zero attached hydrogens (tertiary/aromatic N) is 2. The lowest BCUT2D eigenvalue weighted by Gasteiger charge is -2.04. The lowest BCUT2D eigenvalue weighted by atomic mass is 10.3. The summed E-state index contributed by atoms with van der Waals surface area (Å²) in [5, 5.41) is 4.03. The van der Waals surface area contributed by atoms with Crippen molar-refractivity contribution in [1.82, 2.24) is 14.5 Å². The van der Waals surface area contributed by atoms with E-state index in [0.29, 0.717) is 17.2 Å². The molecule has 8 heteroatoms. The smallest absolute Gasteiger partial charge is 0.250 e. The number of hydrogen-bond acceptors (Lipinski definition) is 4. The maximum Gasteiger partial charge on any atom is 0.250 e. The van der Waals surface area contributed by atoms with Crippen LogP contribution in [0.2, 0.25) is 0 Å². The third kappa shape index (κ3) is 3.19. The molecule has 2 rings (SSSR count). The summed E-state index contributed by atoms with van der Waals surface area (Å²) in [4.78, 5) is 0. The first-order chi connectivity index (χ1) is 8.49. The van der Waals surface area contributed by atoms with Gasteiger partial charge in [-0.1, -0.05) is 0 Å². The van der Waals surface area contributed by atoms with E-state index in [1.165, 1.54) is 11.3 Å². The Labute approximate surface area is 118 Å². The molecule has 0 aliphatic carbocycles. The fourth-order valence-corrected chi connectivity index (χ4v) is 4.56. The van der Waals surface area contributed by atoms with Gasteiger partial charge in [-0.2, -0.15) is 5.10 Å². The van der Waals surface area contributed by atoms with E-state index >= 15 is 0 Å². The molecule has 5 nitrogen and oxygen atoms in total. The maximum atomic E-state index is 11.9. The molecule has 0 amide bonds. The van der Waals surface area contributed by atoms with Gasteiger partial charge in [0.2, 0.25) is 10.0 Å². The van der Waals surface area contributed by atoms with Crippen LogP contribution in [0.4, 0.5) is 0 Å². The molecule has 0 aromatic carbocycles. The summed E-state index contributed by atoms with van der Waals surface area (Å²) in [6, 6.07) is 5.18. The normalized spacial score (nSPS) is 11.9. The summed E-state index contributed by atoms with van der Waals surface area (Å²) in [6.07, 6.45) is 2.31. The molecule has 0 aliphatic rings. The summed E-state index contributed by atoms with van der Waals surface area (Å²) in [6.45, 7) is 0.359. The number of nitrogens with one attached hydrogen (secondary N) is 1. The molecule has 2 aromatic heterocycles. The summed E-state index contributed by atoms with van der Waals surface area (Å²) in [5.41, 5.74) is 0.991. The fourth-order valence-electron chi connectivity index (χ4n) is 1.47. The zero-order valence-electron chi connectivity index (χ0n) is 9.63. The van der Waals surface area contributed by atoms with E-state index in [-0.39, 0.29) is 0 Å². The van der Waals surface area contributed by atoms with Crippen molar-refractivity contribution in [3.05, 3.63) is 33.9 Å². The summed E-state index contributed by atoms with van der Waals surface area (Å²) >= 11 is 4.44. The highest BCUT2D eigenvalue weighted by Crippen LogP contribution is 2.25. The van der Waals surface area contributed by atoms with Gasteiger partial charge >= 0.3 is 0 Å². The Morgan fingerprint density at radius 2 is 2.22 bits per heavy atom. The molecular weight excluding hydrogens is 338 g/mol. The SMILES string of the molecule is Cn1nccc1CCNS(=O)(=O)c1ccc(Br)s1. The molecule has 0 saturated carbocycles. The molecular formula is C10H12BrN3O2S2. The van der Waals surface area contributed by atoms with Gasteiger partial charge in [0.1, 0.15) is 4.21 Å². The minimum absolute atomic E-state index is 0.319. The molecule has 0 aliphatic heterocycles. The average Bonchev–Trinajstić information content (AvgIpc) is 2.89. The minimum Gasteiger partial charge on any atom is -0.273 e. The van der Waals surface area contributed by atoms with Crippen LogP contribution in [0.3, 0.4) is 0 Å². The van der Waals surface area contributed by atoms with Crippen molar-refractivity contribution in [2.75, 3.05) is 6.54 Å². The molecule has 0 fully saturated rings. The van der Waals surface area contributed by atoms with Crippen molar-refractivity contribution >= 4 is 37.3 Å². The molecule has 0 spiro atoms. The van der Waals surface area contributed by atoms with Crippen LogP contribution in [0, 0.1) is 0 Å². The summed E-state index contributed by atoms with van der Waals surface area (Å²) in [5.74, 6) is 0. The van der Waals surface area contributed by atoms with Crippen molar-refractivity contribution in [2.45, 2.75) is 10.6 Å². The lowest BCUT2D eigenvalue weighted by Crippen LogP contribution is -2.25. The Hall–Kier alpha value is -0.700. The zero-order chi connectivity index (χ0) is 13.2. The van der Waals surface area contributed by atoms with Crippen molar-refractivity contribution in [1.29, 1.82) is 0 Å². The van der Waals surface area contributed by atoms with Crippen LogP contribution in [-0.2, 0) is 23.5 Å². The van der Waals surface area contributed by atoms with Gasteiger partial charge in [0, 0.05) is 31.9 Å². The third-order valence-electron chi connectivity index (χ3n) is 2.41. The van der Waals surface area contributed by atoms with Crippen molar-refractivity contribution in [3.8, 4) is 0 Å². The molecule has 0 atom stereocenters. The largest absolute Gasteiger partial charge is 0.273 e. The molecule has 0 unspecified atom stereocenters. The lowest BCUT2D eigenvalue weighted by molar-refractivity contribution is 0.582. The number of thiophene rings is 1. The first-order valence-electron chi connectivity index (χ1n) is 5.21. The minimum atomic E-state index is -3.40. The second-order valence-electron chi connectivity index (χ2n) is 3.65. The zero-order valence-corrected chi connectivity index (χ0v) is 12.8. The van der Waals surface area contributed by atoms with E-state index in [1.807, 2.05) is 13.1 Å². The number of sulfonamides is 1. The molecule has 1 N–H and O–H groups in total. The third-order valence-corrected chi connectivity index (χ3v) is 5.99. The van der Waals surface area contributed by atoms with Crippen molar-refractivity contribution < 1.29 is 8.42 Å². The van der Waals surface area contributed by atoms with Gasteiger partial charge in [0.25, 0.3) is 0 Å². The molecule has 18 heavy (non-hydrogen) atoms. The molecule has 2 heterocycles. The van der Waals surface area contributed by atoms with Crippen molar-refractivity contribution in [2.24, 2.45) is 7.05 Å². The van der Waals surface area contributed by atoms with Gasteiger partial charge in [-0.25, -0.2) is 13.1 Å². The Kier molecular flexibility index (Phi) is 4.21. The van der Waals surface area contributed by atoms with Crippen LogP contribution in [0.1, 0.15) is 5.69 Å². The molecule has 98 valence electrons. The topological polar surface area (TPSA) is 64.0 Å². The number of halogens is 1. The van der Waals surface area contributed by atoms with Crippen LogP contribution in [0.5, 0.6) is 0 Å². The molecule has 0 bridgehead atoms. The van der Waals surface area contributed by atoms with Crippen LogP contribution >= 0.6 is 27.3 Å². The van der Waals surface area contributed by atoms with E-state index in [2.05, 4.69) is 25.8 Å². The number of hydrogen-bond donors (Lipinski definition) is 1. The van der Waals surface area contributed by atoms with Crippen LogP contribution < -0.4 is 4.72 Å². The first kappa shape index (κ1) is 13.7.